The quantitative estimate of drug-likeness (QED) is 0.850. The van der Waals surface area contributed by atoms with Gasteiger partial charge < -0.3 is 10.2 Å². The van der Waals surface area contributed by atoms with E-state index in [1.807, 2.05) is 11.0 Å². The molecule has 0 bridgehead atoms. The van der Waals surface area contributed by atoms with Crippen molar-refractivity contribution in [1.82, 2.24) is 10.2 Å². The molecule has 2 saturated heterocycles. The van der Waals surface area contributed by atoms with Crippen molar-refractivity contribution < 1.29 is 4.79 Å². The van der Waals surface area contributed by atoms with E-state index >= 15 is 0 Å². The summed E-state index contributed by atoms with van der Waals surface area (Å²) in [5, 5.41) is 4.01. The molecule has 19 heavy (non-hydrogen) atoms. The maximum Gasteiger partial charge on any atom is 0.254 e. The van der Waals surface area contributed by atoms with Gasteiger partial charge in [0.25, 0.3) is 5.91 Å². The lowest BCUT2D eigenvalue weighted by Gasteiger charge is -2.27. The highest BCUT2D eigenvalue weighted by Gasteiger charge is 2.44. The van der Waals surface area contributed by atoms with E-state index in [0.29, 0.717) is 28.6 Å². The summed E-state index contributed by atoms with van der Waals surface area (Å²) in [6.45, 7) is 4.08. The van der Waals surface area contributed by atoms with Crippen LogP contribution in [0.3, 0.4) is 0 Å². The largest absolute Gasteiger partial charge is 0.331 e. The lowest BCUT2D eigenvalue weighted by Crippen LogP contribution is -2.42. The third-order valence-corrected chi connectivity index (χ3v) is 5.40. The monoisotopic (exact) mass is 342 g/mol. The van der Waals surface area contributed by atoms with E-state index in [0.717, 1.165) is 24.0 Å². The summed E-state index contributed by atoms with van der Waals surface area (Å²) >= 11 is 9.36. The van der Waals surface area contributed by atoms with Gasteiger partial charge in [0.1, 0.15) is 0 Å². The lowest BCUT2D eigenvalue weighted by molar-refractivity contribution is 0.0682. The minimum Gasteiger partial charge on any atom is -0.331 e. The Kier molecular flexibility index (Phi) is 3.58. The molecule has 2 aliphatic rings. The number of hydrogen-bond donors (Lipinski definition) is 1. The number of amides is 1. The second-order valence-electron chi connectivity index (χ2n) is 5.41. The second kappa shape index (κ2) is 5.08. The first-order valence-corrected chi connectivity index (χ1v) is 7.73. The molecular formula is C14H16BrClN2O. The van der Waals surface area contributed by atoms with Crippen LogP contribution in [0.4, 0.5) is 0 Å². The van der Waals surface area contributed by atoms with Crippen molar-refractivity contribution in [3.8, 4) is 0 Å². The second-order valence-corrected chi connectivity index (χ2v) is 6.67. The van der Waals surface area contributed by atoms with E-state index in [4.69, 9.17) is 11.6 Å². The summed E-state index contributed by atoms with van der Waals surface area (Å²) < 4.78 is 0.771. The van der Waals surface area contributed by atoms with Crippen molar-refractivity contribution in [3.63, 3.8) is 0 Å². The Morgan fingerprint density at radius 3 is 3.00 bits per heavy atom. The molecule has 5 heteroatoms. The number of likely N-dealkylation sites (tertiary alicyclic amines) is 1. The van der Waals surface area contributed by atoms with E-state index < -0.39 is 0 Å². The summed E-state index contributed by atoms with van der Waals surface area (Å²) in [6, 6.07) is 6.05. The maximum atomic E-state index is 12.7. The van der Waals surface area contributed by atoms with Gasteiger partial charge in [-0.15, -0.1) is 0 Å². The average molecular weight is 344 g/mol. The molecule has 0 saturated carbocycles. The summed E-state index contributed by atoms with van der Waals surface area (Å²) in [4.78, 5) is 14.7. The predicted octanol–water partition coefficient (Wildman–Crippen LogP) is 2.92. The molecule has 2 heterocycles. The van der Waals surface area contributed by atoms with Gasteiger partial charge in [0.2, 0.25) is 0 Å². The number of fused-ring (bicyclic) bond motifs is 1. The molecule has 1 aromatic carbocycles. The van der Waals surface area contributed by atoms with Gasteiger partial charge >= 0.3 is 0 Å². The number of nitrogens with one attached hydrogen (secondary N) is 1. The Balaban J connectivity index is 1.88. The van der Waals surface area contributed by atoms with Gasteiger partial charge in [0.15, 0.2) is 0 Å². The van der Waals surface area contributed by atoms with Gasteiger partial charge in [-0.1, -0.05) is 11.6 Å². The lowest BCUT2D eigenvalue weighted by atomic mass is 10.0. The summed E-state index contributed by atoms with van der Waals surface area (Å²) in [5.74, 6) is 0.718. The molecule has 3 nitrogen and oxygen atoms in total. The van der Waals surface area contributed by atoms with Gasteiger partial charge in [0.05, 0.1) is 5.02 Å². The molecule has 1 aromatic rings. The van der Waals surface area contributed by atoms with Crippen LogP contribution in [0.15, 0.2) is 22.7 Å². The van der Waals surface area contributed by atoms with E-state index in [1.54, 1.807) is 12.1 Å². The molecule has 1 N–H and O–H groups in total. The van der Waals surface area contributed by atoms with Gasteiger partial charge in [-0.3, -0.25) is 4.79 Å². The van der Waals surface area contributed by atoms with Crippen LogP contribution in [0.1, 0.15) is 23.7 Å². The number of rotatable bonds is 1. The van der Waals surface area contributed by atoms with Crippen LogP contribution in [0.5, 0.6) is 0 Å². The fraction of sp³-hybridized carbons (Fsp3) is 0.500. The first kappa shape index (κ1) is 13.4. The third kappa shape index (κ3) is 2.30. The first-order chi connectivity index (χ1) is 9.08. The highest BCUT2D eigenvalue weighted by atomic mass is 79.9. The Labute approximate surface area is 126 Å². The van der Waals surface area contributed by atoms with Crippen LogP contribution in [-0.4, -0.2) is 36.0 Å². The molecule has 3 rings (SSSR count). The predicted molar refractivity (Wildman–Crippen MR) is 79.5 cm³/mol. The Morgan fingerprint density at radius 2 is 2.26 bits per heavy atom. The topological polar surface area (TPSA) is 32.3 Å². The fourth-order valence-corrected chi connectivity index (χ4v) is 3.79. The molecule has 2 fully saturated rings. The standard InChI is InChI=1S/C14H16BrClN2O/c1-8-4-10-6-17-7-13(10)18(8)14(19)9-2-3-12(16)11(15)5-9/h2-3,5,8,10,13,17H,4,6-7H2,1H3. The normalized spacial score (nSPS) is 29.6. The van der Waals surface area contributed by atoms with Crippen molar-refractivity contribution in [3.05, 3.63) is 33.3 Å². The number of nitrogens with zero attached hydrogens (tertiary/aromatic N) is 1. The number of carbonyl (C=O) groups is 1. The van der Waals surface area contributed by atoms with E-state index in [9.17, 15) is 4.79 Å². The SMILES string of the molecule is CC1CC2CNCC2N1C(=O)c1ccc(Cl)c(Br)c1. The number of halogens is 2. The highest BCUT2D eigenvalue weighted by Crippen LogP contribution is 2.34. The fourth-order valence-electron chi connectivity index (χ4n) is 3.29. The molecule has 0 aromatic heterocycles. The molecule has 0 spiro atoms. The minimum atomic E-state index is 0.112. The number of hydrogen-bond acceptors (Lipinski definition) is 2. The van der Waals surface area contributed by atoms with Crippen molar-refractivity contribution >= 4 is 33.4 Å². The van der Waals surface area contributed by atoms with Crippen molar-refractivity contribution in [2.45, 2.75) is 25.4 Å². The molecule has 3 atom stereocenters. The van der Waals surface area contributed by atoms with E-state index in [2.05, 4.69) is 28.2 Å². The Hall–Kier alpha value is -0.580. The molecule has 0 aliphatic carbocycles. The van der Waals surface area contributed by atoms with Crippen molar-refractivity contribution in [1.29, 1.82) is 0 Å². The molecule has 102 valence electrons. The minimum absolute atomic E-state index is 0.112. The molecular weight excluding hydrogens is 328 g/mol. The summed E-state index contributed by atoms with van der Waals surface area (Å²) in [6.07, 6.45) is 1.10. The zero-order valence-electron chi connectivity index (χ0n) is 10.7. The molecule has 3 unspecified atom stereocenters. The van der Waals surface area contributed by atoms with Crippen LogP contribution < -0.4 is 5.32 Å². The third-order valence-electron chi connectivity index (χ3n) is 4.18. The van der Waals surface area contributed by atoms with Crippen LogP contribution in [0, 0.1) is 5.92 Å². The average Bonchev–Trinajstić information content (AvgIpc) is 2.91. The highest BCUT2D eigenvalue weighted by molar-refractivity contribution is 9.10. The van der Waals surface area contributed by atoms with Crippen LogP contribution >= 0.6 is 27.5 Å². The van der Waals surface area contributed by atoms with Crippen LogP contribution in [0.2, 0.25) is 5.02 Å². The van der Waals surface area contributed by atoms with E-state index in [-0.39, 0.29) is 5.91 Å². The first-order valence-electron chi connectivity index (χ1n) is 6.56. The smallest absolute Gasteiger partial charge is 0.254 e. The van der Waals surface area contributed by atoms with Gasteiger partial charge in [-0.05, 0) is 53.4 Å². The summed E-state index contributed by atoms with van der Waals surface area (Å²) in [7, 11) is 0. The number of carbonyl (C=O) groups excluding carboxylic acids is 1. The van der Waals surface area contributed by atoms with Crippen LogP contribution in [-0.2, 0) is 0 Å². The Morgan fingerprint density at radius 1 is 1.47 bits per heavy atom. The zero-order valence-corrected chi connectivity index (χ0v) is 13.0. The van der Waals surface area contributed by atoms with Gasteiger partial charge in [-0.25, -0.2) is 0 Å². The van der Waals surface area contributed by atoms with E-state index in [1.165, 1.54) is 0 Å². The summed E-state index contributed by atoms with van der Waals surface area (Å²) in [5.41, 5.74) is 0.704. The van der Waals surface area contributed by atoms with Crippen LogP contribution in [0.25, 0.3) is 0 Å². The van der Waals surface area contributed by atoms with Gasteiger partial charge in [0, 0.05) is 35.2 Å². The molecule has 2 aliphatic heterocycles. The zero-order chi connectivity index (χ0) is 13.6. The maximum absolute atomic E-state index is 12.7. The van der Waals surface area contributed by atoms with Crippen molar-refractivity contribution in [2.24, 2.45) is 5.92 Å². The molecule has 0 radical (unpaired) electrons. The number of benzene rings is 1. The van der Waals surface area contributed by atoms with Crippen molar-refractivity contribution in [2.75, 3.05) is 13.1 Å². The molecule has 1 amide bonds. The Bertz CT molecular complexity index is 522. The van der Waals surface area contributed by atoms with Gasteiger partial charge in [-0.2, -0.15) is 0 Å².